The van der Waals surface area contributed by atoms with Crippen LogP contribution >= 0.6 is 0 Å². The van der Waals surface area contributed by atoms with E-state index in [-0.39, 0.29) is 16.7 Å². The number of piperidine rings is 1. The highest BCUT2D eigenvalue weighted by molar-refractivity contribution is 5.65. The van der Waals surface area contributed by atoms with Crippen LogP contribution in [0.5, 0.6) is 0 Å². The first-order chi connectivity index (χ1) is 8.83. The zero-order valence-corrected chi connectivity index (χ0v) is 14.1. The summed E-state index contributed by atoms with van der Waals surface area (Å²) in [5, 5.41) is 14.2. The van der Waals surface area contributed by atoms with Crippen LogP contribution in [-0.4, -0.2) is 41.0 Å². The minimum Gasteiger partial charge on any atom is -0.465 e. The Hall–Kier alpha value is -0.810. The molecular weight excluding hydrogens is 256 g/mol. The van der Waals surface area contributed by atoms with Crippen molar-refractivity contribution >= 4 is 6.09 Å². The summed E-state index contributed by atoms with van der Waals surface area (Å²) >= 11 is 0. The number of rotatable bonds is 1. The second-order valence-electron chi connectivity index (χ2n) is 7.57. The summed E-state index contributed by atoms with van der Waals surface area (Å²) in [4.78, 5) is 10.3. The zero-order chi connectivity index (χ0) is 16.0. The van der Waals surface area contributed by atoms with E-state index in [1.165, 1.54) is 0 Å². The molecule has 0 aromatic heterocycles. The molecule has 5 heteroatoms. The van der Waals surface area contributed by atoms with Crippen molar-refractivity contribution in [2.45, 2.75) is 78.0 Å². The van der Waals surface area contributed by atoms with E-state index in [1.54, 1.807) is 0 Å². The second kappa shape index (κ2) is 7.27. The normalized spacial score (nSPS) is 18.8. The number of carbonyl (C=O) groups is 1. The quantitative estimate of drug-likeness (QED) is 0.693. The van der Waals surface area contributed by atoms with Gasteiger partial charge in [-0.3, -0.25) is 0 Å². The van der Waals surface area contributed by atoms with Gasteiger partial charge in [-0.2, -0.15) is 0 Å². The molecule has 0 atom stereocenters. The third-order valence-electron chi connectivity index (χ3n) is 2.73. The number of nitrogens with one attached hydrogen (secondary N) is 2. The van der Waals surface area contributed by atoms with Gasteiger partial charge in [0, 0.05) is 5.54 Å². The summed E-state index contributed by atoms with van der Waals surface area (Å²) in [5.41, 5.74) is -0.242. The minimum atomic E-state index is -0.922. The maximum absolute atomic E-state index is 10.3. The Labute approximate surface area is 123 Å². The Bertz CT molecular complexity index is 285. The van der Waals surface area contributed by atoms with Crippen molar-refractivity contribution in [3.8, 4) is 0 Å². The van der Waals surface area contributed by atoms with Crippen LogP contribution < -0.4 is 10.6 Å². The van der Waals surface area contributed by atoms with Gasteiger partial charge in [0.2, 0.25) is 0 Å². The van der Waals surface area contributed by atoms with Crippen molar-refractivity contribution in [3.63, 3.8) is 0 Å². The number of hydrogen-bond donors (Lipinski definition) is 3. The molecule has 5 nitrogen and oxygen atoms in total. The number of hydrogen-bond acceptors (Lipinski definition) is 3. The molecule has 1 rings (SSSR count). The standard InChI is InChI=1S/C8H18O.C7H14N2O2/c1-7(2,3)9-8(4,5)6;1-7(9-6(10)11)2-4-8-5-3-7/h1-6H3;8-9H,2-5H2,1H3,(H,10,11). The fourth-order valence-corrected chi connectivity index (χ4v) is 2.28. The van der Waals surface area contributed by atoms with Crippen LogP contribution in [0.2, 0.25) is 0 Å². The third kappa shape index (κ3) is 11.1. The molecule has 0 spiro atoms. The van der Waals surface area contributed by atoms with Gasteiger partial charge in [0.05, 0.1) is 11.2 Å². The predicted octanol–water partition coefficient (Wildman–Crippen LogP) is 3.00. The fraction of sp³-hybridized carbons (Fsp3) is 0.933. The Morgan fingerprint density at radius 3 is 1.75 bits per heavy atom. The Morgan fingerprint density at radius 2 is 1.50 bits per heavy atom. The molecule has 1 aliphatic heterocycles. The lowest BCUT2D eigenvalue weighted by atomic mass is 9.91. The van der Waals surface area contributed by atoms with Gasteiger partial charge in [0.1, 0.15) is 0 Å². The van der Waals surface area contributed by atoms with E-state index in [9.17, 15) is 4.79 Å². The van der Waals surface area contributed by atoms with Gasteiger partial charge in [-0.25, -0.2) is 4.79 Å². The van der Waals surface area contributed by atoms with Gasteiger partial charge in [-0.15, -0.1) is 0 Å². The molecule has 0 aromatic rings. The van der Waals surface area contributed by atoms with E-state index < -0.39 is 6.09 Å². The number of amides is 1. The average molecular weight is 288 g/mol. The summed E-state index contributed by atoms with van der Waals surface area (Å²) in [6, 6.07) is 0. The Kier molecular flexibility index (Phi) is 6.98. The maximum atomic E-state index is 10.3. The van der Waals surface area contributed by atoms with Crippen molar-refractivity contribution in [1.82, 2.24) is 10.6 Å². The molecule has 1 amide bonds. The molecular formula is C15H32N2O3. The summed E-state index contributed by atoms with van der Waals surface area (Å²) < 4.78 is 5.62. The topological polar surface area (TPSA) is 70.6 Å². The monoisotopic (exact) mass is 288 g/mol. The molecule has 3 N–H and O–H groups in total. The molecule has 0 bridgehead atoms. The minimum absolute atomic E-state index is 0.0156. The van der Waals surface area contributed by atoms with E-state index in [0.717, 1.165) is 25.9 Å². The summed E-state index contributed by atoms with van der Waals surface area (Å²) in [7, 11) is 0. The van der Waals surface area contributed by atoms with Crippen LogP contribution in [0, 0.1) is 0 Å². The average Bonchev–Trinajstić information content (AvgIpc) is 2.10. The van der Waals surface area contributed by atoms with Crippen LogP contribution in [0.1, 0.15) is 61.3 Å². The molecule has 0 radical (unpaired) electrons. The van der Waals surface area contributed by atoms with Crippen LogP contribution in [-0.2, 0) is 4.74 Å². The van der Waals surface area contributed by atoms with Crippen molar-refractivity contribution in [2.24, 2.45) is 0 Å². The maximum Gasteiger partial charge on any atom is 0.405 e. The summed E-state index contributed by atoms with van der Waals surface area (Å²) in [6.45, 7) is 16.2. The molecule has 20 heavy (non-hydrogen) atoms. The van der Waals surface area contributed by atoms with Gasteiger partial charge in [0.15, 0.2) is 0 Å². The molecule has 0 aromatic carbocycles. The Morgan fingerprint density at radius 1 is 1.10 bits per heavy atom. The highest BCUT2D eigenvalue weighted by Gasteiger charge is 2.27. The van der Waals surface area contributed by atoms with E-state index in [0.29, 0.717) is 0 Å². The molecule has 1 fully saturated rings. The molecule has 1 saturated heterocycles. The largest absolute Gasteiger partial charge is 0.465 e. The van der Waals surface area contributed by atoms with Gasteiger partial charge < -0.3 is 20.5 Å². The van der Waals surface area contributed by atoms with Crippen molar-refractivity contribution < 1.29 is 14.6 Å². The van der Waals surface area contributed by atoms with Gasteiger partial charge in [-0.1, -0.05) is 0 Å². The van der Waals surface area contributed by atoms with E-state index in [1.807, 2.05) is 6.92 Å². The smallest absolute Gasteiger partial charge is 0.405 e. The fourth-order valence-electron chi connectivity index (χ4n) is 2.28. The lowest BCUT2D eigenvalue weighted by molar-refractivity contribution is -0.102. The highest BCUT2D eigenvalue weighted by atomic mass is 16.5. The van der Waals surface area contributed by atoms with Crippen molar-refractivity contribution in [3.05, 3.63) is 0 Å². The summed E-state index contributed by atoms with van der Waals surface area (Å²) in [5.74, 6) is 0. The van der Waals surface area contributed by atoms with Gasteiger partial charge in [0.25, 0.3) is 0 Å². The van der Waals surface area contributed by atoms with Gasteiger partial charge in [-0.05, 0) is 74.4 Å². The lowest BCUT2D eigenvalue weighted by Crippen LogP contribution is -2.51. The van der Waals surface area contributed by atoms with Crippen LogP contribution in [0.4, 0.5) is 4.79 Å². The van der Waals surface area contributed by atoms with E-state index in [2.05, 4.69) is 52.2 Å². The van der Waals surface area contributed by atoms with Crippen molar-refractivity contribution in [1.29, 1.82) is 0 Å². The number of carboxylic acid groups (broad SMARTS) is 1. The van der Waals surface area contributed by atoms with Crippen molar-refractivity contribution in [2.75, 3.05) is 13.1 Å². The predicted molar refractivity (Wildman–Crippen MR) is 82.3 cm³/mol. The molecule has 0 saturated carbocycles. The van der Waals surface area contributed by atoms with Crippen LogP contribution in [0.15, 0.2) is 0 Å². The third-order valence-corrected chi connectivity index (χ3v) is 2.73. The zero-order valence-electron chi connectivity index (χ0n) is 14.1. The molecule has 0 aliphatic carbocycles. The van der Waals surface area contributed by atoms with Crippen LogP contribution in [0.25, 0.3) is 0 Å². The van der Waals surface area contributed by atoms with E-state index >= 15 is 0 Å². The first-order valence-electron chi connectivity index (χ1n) is 7.25. The molecule has 1 heterocycles. The first kappa shape index (κ1) is 19.2. The molecule has 120 valence electrons. The van der Waals surface area contributed by atoms with E-state index in [4.69, 9.17) is 9.84 Å². The highest BCUT2D eigenvalue weighted by Crippen LogP contribution is 2.18. The van der Waals surface area contributed by atoms with Gasteiger partial charge >= 0.3 is 6.09 Å². The Balaban J connectivity index is 0.000000370. The molecule has 0 unspecified atom stereocenters. The number of ether oxygens (including phenoxy) is 1. The van der Waals surface area contributed by atoms with Crippen LogP contribution in [0.3, 0.4) is 0 Å². The second-order valence-corrected chi connectivity index (χ2v) is 7.57. The first-order valence-corrected chi connectivity index (χ1v) is 7.25. The SMILES string of the molecule is CC(C)(C)OC(C)(C)C.CC1(NC(=O)O)CCNCC1. The molecule has 1 aliphatic rings. The summed E-state index contributed by atoms with van der Waals surface area (Å²) in [6.07, 6.45) is 0.827. The lowest BCUT2D eigenvalue weighted by Gasteiger charge is -2.33.